The van der Waals surface area contributed by atoms with Crippen LogP contribution < -0.4 is 57.7 Å². The molecule has 0 aliphatic carbocycles. The van der Waals surface area contributed by atoms with E-state index in [9.17, 15) is 29.4 Å². The number of carboxylic acid groups (broad SMARTS) is 2. The third-order valence-electron chi connectivity index (χ3n) is 8.39. The number of aromatic carboxylic acids is 2. The molecule has 46 heavy (non-hydrogen) atoms. The monoisotopic (exact) mass is 622 g/mol. The topological polar surface area (TPSA) is 172 Å². The Bertz CT molecular complexity index is 1240. The number of rotatable bonds is 6. The van der Waals surface area contributed by atoms with Crippen molar-refractivity contribution >= 4 is 35.1 Å². The van der Waals surface area contributed by atoms with E-state index in [1.54, 1.807) is 24.5 Å². The molecule has 4 aliphatic heterocycles. The molecule has 0 N–H and O–H groups in total. The molecule has 2 aromatic rings. The molecular weight excluding hydrogens is 586 g/mol. The quantitative estimate of drug-likeness (QED) is 0.279. The van der Waals surface area contributed by atoms with E-state index in [0.29, 0.717) is 78.8 Å². The molecular formula is C30H36Li2N6O8. The zero-order chi connectivity index (χ0) is 31.1. The van der Waals surface area contributed by atoms with Crippen molar-refractivity contribution in [2.75, 3.05) is 88.6 Å². The van der Waals surface area contributed by atoms with Crippen molar-refractivity contribution in [2.24, 2.45) is 11.8 Å². The average molecular weight is 623 g/mol. The number of hydrogen-bond acceptors (Lipinski definition) is 12. The molecule has 4 aliphatic rings. The van der Waals surface area contributed by atoms with Crippen LogP contribution in [0.4, 0.5) is 11.4 Å². The van der Waals surface area contributed by atoms with E-state index in [-0.39, 0.29) is 72.5 Å². The molecule has 236 valence electrons. The van der Waals surface area contributed by atoms with Gasteiger partial charge in [0.1, 0.15) is 0 Å². The number of ether oxygens (including phenoxy) is 2. The van der Waals surface area contributed by atoms with E-state index in [0.717, 1.165) is 24.2 Å². The number of anilines is 2. The summed E-state index contributed by atoms with van der Waals surface area (Å²) in [5.74, 6) is -2.14. The number of amides is 2. The Morgan fingerprint density at radius 3 is 1.28 bits per heavy atom. The molecule has 2 unspecified atom stereocenters. The van der Waals surface area contributed by atoms with Crippen molar-refractivity contribution < 1.29 is 76.6 Å². The van der Waals surface area contributed by atoms with Gasteiger partial charge in [-0.15, -0.1) is 0 Å². The number of hydrogen-bond donors (Lipinski definition) is 0. The minimum atomic E-state index is -1.23. The number of pyridine rings is 2. The van der Waals surface area contributed by atoms with Crippen LogP contribution in [0.5, 0.6) is 0 Å². The predicted molar refractivity (Wildman–Crippen MR) is 153 cm³/mol. The summed E-state index contributed by atoms with van der Waals surface area (Å²) < 4.78 is 10.5. The van der Waals surface area contributed by atoms with Crippen LogP contribution in [0.2, 0.25) is 0 Å². The standard InChI is InChI=1S/2C15H19N3O4.2Li/c2*19-14(11-1-6-22-10-11)18-4-2-17(3-5-18)13-7-12(15(20)21)8-16-9-13;;/h2*7-9,11H,1-6,10H2,(H,20,21);;/q;;2*+1/p-2. The first-order chi connectivity index (χ1) is 21.3. The third kappa shape index (κ3) is 9.47. The Morgan fingerprint density at radius 1 is 0.609 bits per heavy atom. The maximum Gasteiger partial charge on any atom is 1.00 e. The van der Waals surface area contributed by atoms with Gasteiger partial charge in [0, 0.05) is 89.1 Å². The van der Waals surface area contributed by atoms with Gasteiger partial charge in [-0.1, -0.05) is 0 Å². The Kier molecular flexibility index (Phi) is 14.4. The van der Waals surface area contributed by atoms with Crippen molar-refractivity contribution in [3.63, 3.8) is 0 Å². The van der Waals surface area contributed by atoms with Crippen molar-refractivity contribution in [3.05, 3.63) is 48.0 Å². The Labute approximate surface area is 291 Å². The van der Waals surface area contributed by atoms with Gasteiger partial charge in [0.25, 0.3) is 0 Å². The fourth-order valence-electron chi connectivity index (χ4n) is 5.77. The minimum Gasteiger partial charge on any atom is -0.545 e. The van der Waals surface area contributed by atoms with Crippen molar-refractivity contribution in [1.29, 1.82) is 0 Å². The van der Waals surface area contributed by atoms with E-state index < -0.39 is 11.9 Å². The zero-order valence-electron chi connectivity index (χ0n) is 26.5. The van der Waals surface area contributed by atoms with E-state index in [4.69, 9.17) is 9.47 Å². The first-order valence-corrected chi connectivity index (χ1v) is 14.9. The summed E-state index contributed by atoms with van der Waals surface area (Å²) in [6.07, 6.45) is 7.42. The van der Waals surface area contributed by atoms with Crippen LogP contribution in [0.25, 0.3) is 0 Å². The number of aromatic nitrogens is 2. The molecule has 2 amide bonds. The van der Waals surface area contributed by atoms with Crippen molar-refractivity contribution in [1.82, 2.24) is 19.8 Å². The molecule has 16 heteroatoms. The van der Waals surface area contributed by atoms with Crippen LogP contribution in [0.3, 0.4) is 0 Å². The summed E-state index contributed by atoms with van der Waals surface area (Å²) in [5.41, 5.74) is 1.63. The van der Waals surface area contributed by atoms with Crippen molar-refractivity contribution in [3.8, 4) is 0 Å². The Balaban J connectivity index is 0.000000240. The number of carboxylic acids is 2. The van der Waals surface area contributed by atoms with Gasteiger partial charge in [0.15, 0.2) is 0 Å². The van der Waals surface area contributed by atoms with E-state index in [1.807, 2.05) is 19.6 Å². The van der Waals surface area contributed by atoms with Crippen LogP contribution in [0, 0.1) is 11.8 Å². The maximum atomic E-state index is 12.3. The summed E-state index contributed by atoms with van der Waals surface area (Å²) in [6, 6.07) is 3.12. The summed E-state index contributed by atoms with van der Waals surface area (Å²) in [6.45, 7) is 7.55. The van der Waals surface area contributed by atoms with Gasteiger partial charge in [0.2, 0.25) is 11.8 Å². The summed E-state index contributed by atoms with van der Waals surface area (Å²) in [5, 5.41) is 21.8. The van der Waals surface area contributed by atoms with Crippen LogP contribution in [-0.2, 0) is 19.1 Å². The summed E-state index contributed by atoms with van der Waals surface area (Å²) >= 11 is 0. The first-order valence-electron chi connectivity index (χ1n) is 14.9. The molecule has 0 bridgehead atoms. The third-order valence-corrected chi connectivity index (χ3v) is 8.39. The molecule has 2 aromatic heterocycles. The second-order valence-corrected chi connectivity index (χ2v) is 11.2. The molecule has 4 fully saturated rings. The molecule has 6 heterocycles. The fraction of sp³-hybridized carbons (Fsp3) is 0.533. The van der Waals surface area contributed by atoms with Gasteiger partial charge < -0.3 is 48.9 Å². The van der Waals surface area contributed by atoms with Crippen LogP contribution in [0.15, 0.2) is 36.9 Å². The normalized spacial score (nSPS) is 21.0. The van der Waals surface area contributed by atoms with Crippen LogP contribution >= 0.6 is 0 Å². The molecule has 6 rings (SSSR count). The second-order valence-electron chi connectivity index (χ2n) is 11.2. The van der Waals surface area contributed by atoms with Crippen LogP contribution in [-0.4, -0.2) is 122 Å². The molecule has 4 saturated heterocycles. The van der Waals surface area contributed by atoms with Gasteiger partial charge in [-0.2, -0.15) is 0 Å². The largest absolute Gasteiger partial charge is 1.00 e. The summed E-state index contributed by atoms with van der Waals surface area (Å²) in [7, 11) is 0. The molecule has 0 aromatic carbocycles. The van der Waals surface area contributed by atoms with Gasteiger partial charge in [-0.3, -0.25) is 19.6 Å². The number of carbonyl (C=O) groups excluding carboxylic acids is 4. The average Bonchev–Trinajstić information content (AvgIpc) is 3.81. The molecule has 0 spiro atoms. The molecule has 0 radical (unpaired) electrons. The number of carbonyl (C=O) groups is 4. The zero-order valence-corrected chi connectivity index (χ0v) is 26.5. The number of piperazine rings is 2. The fourth-order valence-corrected chi connectivity index (χ4v) is 5.77. The van der Waals surface area contributed by atoms with Gasteiger partial charge in [-0.25, -0.2) is 0 Å². The van der Waals surface area contributed by atoms with Gasteiger partial charge in [0.05, 0.1) is 60.8 Å². The Hall–Kier alpha value is -3.11. The SMILES string of the molecule is O=C([O-])c1cncc(N2CCN(C(=O)C3CCOC3)CC2)c1.O=C([O-])c1cncc(N2CCN(C(=O)C3CCOC3)CC2)c1.[Li+].[Li+]. The molecule has 2 atom stereocenters. The predicted octanol–water partition coefficient (Wildman–Crippen LogP) is -7.73. The van der Waals surface area contributed by atoms with E-state index in [1.165, 1.54) is 12.4 Å². The second kappa shape index (κ2) is 17.7. The molecule has 0 saturated carbocycles. The van der Waals surface area contributed by atoms with Crippen LogP contribution in [0.1, 0.15) is 33.6 Å². The maximum absolute atomic E-state index is 12.3. The Morgan fingerprint density at radius 2 is 0.978 bits per heavy atom. The summed E-state index contributed by atoms with van der Waals surface area (Å²) in [4.78, 5) is 62.1. The van der Waals surface area contributed by atoms with Gasteiger partial charge >= 0.3 is 37.7 Å². The van der Waals surface area contributed by atoms with E-state index >= 15 is 0 Å². The minimum absolute atomic E-state index is 0. The smallest absolute Gasteiger partial charge is 0.545 e. The van der Waals surface area contributed by atoms with Crippen molar-refractivity contribution in [2.45, 2.75) is 12.8 Å². The van der Waals surface area contributed by atoms with Gasteiger partial charge in [-0.05, 0) is 25.0 Å². The van der Waals surface area contributed by atoms with E-state index in [2.05, 4.69) is 9.97 Å². The molecule has 14 nitrogen and oxygen atoms in total. The number of nitrogens with zero attached hydrogens (tertiary/aromatic N) is 6. The first kappa shape index (κ1) is 37.4.